The van der Waals surface area contributed by atoms with E-state index in [9.17, 15) is 18.0 Å². The minimum absolute atomic E-state index is 0.104. The van der Waals surface area contributed by atoms with E-state index in [1.54, 1.807) is 6.20 Å². The molecule has 0 saturated carbocycles. The third kappa shape index (κ3) is 5.47. The van der Waals surface area contributed by atoms with Gasteiger partial charge < -0.3 is 9.73 Å². The number of benzene rings is 2. The third-order valence-electron chi connectivity index (χ3n) is 4.48. The van der Waals surface area contributed by atoms with E-state index in [0.717, 1.165) is 17.7 Å². The molecule has 0 aliphatic carbocycles. The van der Waals surface area contributed by atoms with Crippen molar-refractivity contribution in [2.24, 2.45) is 0 Å². The van der Waals surface area contributed by atoms with E-state index in [4.69, 9.17) is 4.42 Å². The zero-order valence-corrected chi connectivity index (χ0v) is 16.1. The molecule has 1 amide bonds. The summed E-state index contributed by atoms with van der Waals surface area (Å²) in [5.74, 6) is 1.16. The number of carbonyl (C=O) groups excluding carboxylic acids is 1. The van der Waals surface area contributed by atoms with Crippen LogP contribution in [0.1, 0.15) is 43.2 Å². The van der Waals surface area contributed by atoms with E-state index in [1.807, 2.05) is 24.3 Å². The molecular weight excluding hydrogens is 381 g/mol. The predicted molar refractivity (Wildman–Crippen MR) is 104 cm³/mol. The molecule has 0 fully saturated rings. The summed E-state index contributed by atoms with van der Waals surface area (Å²) in [6, 6.07) is 12.3. The van der Waals surface area contributed by atoms with Crippen LogP contribution >= 0.6 is 0 Å². The number of alkyl halides is 3. The number of nitrogens with one attached hydrogen (secondary N) is 1. The molecule has 1 aromatic heterocycles. The zero-order valence-electron chi connectivity index (χ0n) is 16.1. The Balaban J connectivity index is 1.54. The van der Waals surface area contributed by atoms with E-state index < -0.39 is 11.7 Å². The van der Waals surface area contributed by atoms with Crippen LogP contribution in [-0.2, 0) is 17.4 Å². The molecule has 0 bridgehead atoms. The molecule has 1 heterocycles. The number of anilines is 1. The molecule has 0 aliphatic rings. The minimum Gasteiger partial charge on any atom is -0.441 e. The lowest BCUT2D eigenvalue weighted by Gasteiger charge is -2.08. The lowest BCUT2D eigenvalue weighted by molar-refractivity contribution is -0.137. The first-order chi connectivity index (χ1) is 13.7. The number of carbonyl (C=O) groups is 1. The Labute approximate surface area is 166 Å². The number of oxazole rings is 1. The molecule has 2 aromatic carbocycles. The van der Waals surface area contributed by atoms with Crippen molar-refractivity contribution in [2.45, 2.75) is 38.8 Å². The third-order valence-corrected chi connectivity index (χ3v) is 4.48. The fourth-order valence-corrected chi connectivity index (χ4v) is 2.78. The van der Waals surface area contributed by atoms with Crippen molar-refractivity contribution < 1.29 is 22.4 Å². The van der Waals surface area contributed by atoms with Gasteiger partial charge in [-0.05, 0) is 35.7 Å². The predicted octanol–water partition coefficient (Wildman–Crippen LogP) is 6.06. The van der Waals surface area contributed by atoms with Gasteiger partial charge in [-0.1, -0.05) is 38.1 Å². The van der Waals surface area contributed by atoms with Gasteiger partial charge in [0.15, 0.2) is 11.7 Å². The van der Waals surface area contributed by atoms with E-state index >= 15 is 0 Å². The van der Waals surface area contributed by atoms with E-state index in [1.165, 1.54) is 17.7 Å². The van der Waals surface area contributed by atoms with Gasteiger partial charge in [-0.3, -0.25) is 4.79 Å². The standard InChI is InChI=1S/C22H21F3N2O2/c1-14(2)15-3-5-16(6-4-15)19-13-26-21(29-19)12-11-20(28)27-18-9-7-17(8-10-18)22(23,24)25/h3-10,13-14H,11-12H2,1-2H3,(H,27,28). The second kappa shape index (κ2) is 8.51. The number of halogens is 3. The Morgan fingerprint density at radius 2 is 1.72 bits per heavy atom. The van der Waals surface area contributed by atoms with Crippen LogP contribution in [0.4, 0.5) is 18.9 Å². The van der Waals surface area contributed by atoms with Crippen LogP contribution in [0, 0.1) is 0 Å². The Bertz CT molecular complexity index is 959. The molecule has 0 radical (unpaired) electrons. The molecule has 4 nitrogen and oxygen atoms in total. The fraction of sp³-hybridized carbons (Fsp3) is 0.273. The monoisotopic (exact) mass is 402 g/mol. The Hall–Kier alpha value is -3.09. The highest BCUT2D eigenvalue weighted by Crippen LogP contribution is 2.30. The van der Waals surface area contributed by atoms with Gasteiger partial charge in [0.1, 0.15) is 0 Å². The first-order valence-electron chi connectivity index (χ1n) is 9.24. The van der Waals surface area contributed by atoms with Crippen LogP contribution in [0.15, 0.2) is 59.1 Å². The lowest BCUT2D eigenvalue weighted by atomic mass is 10.0. The molecule has 0 unspecified atom stereocenters. The average Bonchev–Trinajstić information content (AvgIpc) is 3.15. The Kier molecular flexibility index (Phi) is 6.06. The quantitative estimate of drug-likeness (QED) is 0.546. The minimum atomic E-state index is -4.40. The molecule has 0 aliphatic heterocycles. The van der Waals surface area contributed by atoms with Gasteiger partial charge >= 0.3 is 6.18 Å². The lowest BCUT2D eigenvalue weighted by Crippen LogP contribution is -2.13. The first-order valence-corrected chi connectivity index (χ1v) is 9.24. The van der Waals surface area contributed by atoms with Gasteiger partial charge in [-0.15, -0.1) is 0 Å². The van der Waals surface area contributed by atoms with Crippen LogP contribution in [0.25, 0.3) is 11.3 Å². The normalized spacial score (nSPS) is 11.7. The van der Waals surface area contributed by atoms with Gasteiger partial charge in [0, 0.05) is 24.1 Å². The van der Waals surface area contributed by atoms with Crippen molar-refractivity contribution in [3.63, 3.8) is 0 Å². The van der Waals surface area contributed by atoms with Crippen molar-refractivity contribution in [3.8, 4) is 11.3 Å². The Morgan fingerprint density at radius 1 is 1.07 bits per heavy atom. The SMILES string of the molecule is CC(C)c1ccc(-c2cnc(CCC(=O)Nc3ccc(C(F)(F)F)cc3)o2)cc1. The summed E-state index contributed by atoms with van der Waals surface area (Å²) >= 11 is 0. The van der Waals surface area contributed by atoms with Gasteiger partial charge in [-0.25, -0.2) is 4.98 Å². The maximum atomic E-state index is 12.6. The van der Waals surface area contributed by atoms with Gasteiger partial charge in [0.25, 0.3) is 0 Å². The van der Waals surface area contributed by atoms with E-state index in [-0.39, 0.29) is 18.7 Å². The van der Waals surface area contributed by atoms with E-state index in [0.29, 0.717) is 23.3 Å². The number of hydrogen-bond acceptors (Lipinski definition) is 3. The summed E-state index contributed by atoms with van der Waals surface area (Å²) in [5.41, 5.74) is 1.68. The van der Waals surface area contributed by atoms with Crippen LogP contribution in [0.5, 0.6) is 0 Å². The largest absolute Gasteiger partial charge is 0.441 e. The maximum Gasteiger partial charge on any atom is 0.416 e. The summed E-state index contributed by atoms with van der Waals surface area (Å²) in [5, 5.41) is 2.57. The van der Waals surface area contributed by atoms with Crippen LogP contribution in [-0.4, -0.2) is 10.9 Å². The van der Waals surface area contributed by atoms with Crippen molar-refractivity contribution in [3.05, 3.63) is 71.7 Å². The number of rotatable bonds is 6. The highest BCUT2D eigenvalue weighted by molar-refractivity contribution is 5.90. The van der Waals surface area contributed by atoms with Gasteiger partial charge in [-0.2, -0.15) is 13.2 Å². The van der Waals surface area contributed by atoms with Crippen LogP contribution < -0.4 is 5.32 Å². The van der Waals surface area contributed by atoms with Crippen molar-refractivity contribution in [1.29, 1.82) is 0 Å². The number of aromatic nitrogens is 1. The topological polar surface area (TPSA) is 55.1 Å². The first kappa shape index (κ1) is 20.6. The highest BCUT2D eigenvalue weighted by atomic mass is 19.4. The zero-order chi connectivity index (χ0) is 21.0. The Morgan fingerprint density at radius 3 is 2.31 bits per heavy atom. The molecule has 0 saturated heterocycles. The molecule has 152 valence electrons. The summed E-state index contributed by atoms with van der Waals surface area (Å²) < 4.78 is 43.4. The van der Waals surface area contributed by atoms with Gasteiger partial charge in [0.05, 0.1) is 11.8 Å². The van der Waals surface area contributed by atoms with Crippen LogP contribution in [0.3, 0.4) is 0 Å². The molecule has 7 heteroatoms. The average molecular weight is 402 g/mol. The maximum absolute atomic E-state index is 12.6. The molecule has 29 heavy (non-hydrogen) atoms. The number of aryl methyl sites for hydroxylation is 1. The second-order valence-electron chi connectivity index (χ2n) is 7.02. The number of hydrogen-bond donors (Lipinski definition) is 1. The molecule has 3 rings (SSSR count). The number of nitrogens with zero attached hydrogens (tertiary/aromatic N) is 1. The number of amides is 1. The molecule has 0 atom stereocenters. The van der Waals surface area contributed by atoms with E-state index in [2.05, 4.69) is 24.1 Å². The molecule has 0 spiro atoms. The van der Waals surface area contributed by atoms with Crippen molar-refractivity contribution in [1.82, 2.24) is 4.98 Å². The van der Waals surface area contributed by atoms with Crippen molar-refractivity contribution in [2.75, 3.05) is 5.32 Å². The summed E-state index contributed by atoms with van der Waals surface area (Å²) in [6.07, 6.45) is -2.39. The van der Waals surface area contributed by atoms with Crippen LogP contribution in [0.2, 0.25) is 0 Å². The molecule has 3 aromatic rings. The smallest absolute Gasteiger partial charge is 0.416 e. The summed E-state index contributed by atoms with van der Waals surface area (Å²) in [7, 11) is 0. The summed E-state index contributed by atoms with van der Waals surface area (Å²) in [4.78, 5) is 16.2. The van der Waals surface area contributed by atoms with Crippen molar-refractivity contribution >= 4 is 11.6 Å². The highest BCUT2D eigenvalue weighted by Gasteiger charge is 2.29. The molecule has 1 N–H and O–H groups in total. The molecular formula is C22H21F3N2O2. The van der Waals surface area contributed by atoms with Gasteiger partial charge in [0.2, 0.25) is 5.91 Å². The summed E-state index contributed by atoms with van der Waals surface area (Å²) in [6.45, 7) is 4.24. The fourth-order valence-electron chi connectivity index (χ4n) is 2.78. The second-order valence-corrected chi connectivity index (χ2v) is 7.02.